The smallest absolute Gasteiger partial charge is 0.343 e. The second-order valence-electron chi connectivity index (χ2n) is 10.8. The van der Waals surface area contributed by atoms with Crippen LogP contribution in [-0.2, 0) is 17.1 Å². The normalized spacial score (nSPS) is 21.4. The van der Waals surface area contributed by atoms with Crippen molar-refractivity contribution >= 4 is 11.8 Å². The van der Waals surface area contributed by atoms with Gasteiger partial charge in [-0.1, -0.05) is 29.8 Å². The van der Waals surface area contributed by atoms with Crippen LogP contribution in [0.5, 0.6) is 0 Å². The number of rotatable bonds is 4. The fourth-order valence-electron chi connectivity index (χ4n) is 5.88. The predicted molar refractivity (Wildman–Crippen MR) is 138 cm³/mol. The summed E-state index contributed by atoms with van der Waals surface area (Å²) in [4.78, 5) is 30.7. The molecular weight excluding hydrogens is 536 g/mol. The summed E-state index contributed by atoms with van der Waals surface area (Å²) >= 11 is 0. The molecule has 2 atom stereocenters. The summed E-state index contributed by atoms with van der Waals surface area (Å²) in [6, 6.07) is 8.62. The van der Waals surface area contributed by atoms with Crippen molar-refractivity contribution in [2.24, 2.45) is 0 Å². The number of alkyl halides is 6. The molecule has 0 saturated carbocycles. The minimum atomic E-state index is -5.04. The van der Waals surface area contributed by atoms with Gasteiger partial charge in [0.2, 0.25) is 5.91 Å². The van der Waals surface area contributed by atoms with Crippen LogP contribution in [-0.4, -0.2) is 71.8 Å². The van der Waals surface area contributed by atoms with Gasteiger partial charge in [-0.15, -0.1) is 0 Å². The third-order valence-corrected chi connectivity index (χ3v) is 8.19. The van der Waals surface area contributed by atoms with Crippen LogP contribution in [0.1, 0.15) is 64.7 Å². The first-order valence-electron chi connectivity index (χ1n) is 13.3. The molecule has 0 N–H and O–H groups in total. The first-order chi connectivity index (χ1) is 18.6. The van der Waals surface area contributed by atoms with Crippen molar-refractivity contribution in [3.05, 3.63) is 70.3 Å². The van der Waals surface area contributed by atoms with Crippen molar-refractivity contribution in [1.82, 2.24) is 14.7 Å². The lowest BCUT2D eigenvalue weighted by atomic mass is 9.83. The van der Waals surface area contributed by atoms with E-state index in [-0.39, 0.29) is 23.9 Å². The number of nitrogens with zero attached hydrogens (tertiary/aromatic N) is 3. The molecule has 2 amide bonds. The maximum absolute atomic E-state index is 13.5. The highest BCUT2D eigenvalue weighted by Gasteiger charge is 2.41. The van der Waals surface area contributed by atoms with Gasteiger partial charge >= 0.3 is 12.4 Å². The lowest BCUT2D eigenvalue weighted by molar-refractivity contribution is -0.143. The summed E-state index contributed by atoms with van der Waals surface area (Å²) < 4.78 is 80.6. The zero-order chi connectivity index (χ0) is 29.4. The quantitative estimate of drug-likeness (QED) is 0.426. The van der Waals surface area contributed by atoms with Crippen LogP contribution in [0.15, 0.2) is 42.5 Å². The number of amides is 2. The van der Waals surface area contributed by atoms with Gasteiger partial charge in [-0.3, -0.25) is 14.5 Å². The Bertz CT molecular complexity index is 1190. The van der Waals surface area contributed by atoms with Crippen molar-refractivity contribution in [3.63, 3.8) is 0 Å². The first-order valence-corrected chi connectivity index (χ1v) is 13.3. The first kappa shape index (κ1) is 29.9. The largest absolute Gasteiger partial charge is 0.416 e. The molecule has 2 fully saturated rings. The van der Waals surface area contributed by atoms with Crippen molar-refractivity contribution in [1.29, 1.82) is 0 Å². The van der Waals surface area contributed by atoms with Crippen LogP contribution in [0.25, 0.3) is 0 Å². The Labute approximate surface area is 229 Å². The number of carbonyl (C=O) groups excluding carboxylic acids is 2. The lowest BCUT2D eigenvalue weighted by Gasteiger charge is -2.47. The Hall–Kier alpha value is -3.08. The van der Waals surface area contributed by atoms with Gasteiger partial charge in [-0.2, -0.15) is 26.3 Å². The molecule has 0 radical (unpaired) electrons. The van der Waals surface area contributed by atoms with E-state index in [0.29, 0.717) is 44.7 Å². The summed E-state index contributed by atoms with van der Waals surface area (Å²) in [5.41, 5.74) is -1.69. The van der Waals surface area contributed by atoms with E-state index in [1.54, 1.807) is 6.92 Å². The van der Waals surface area contributed by atoms with E-state index >= 15 is 0 Å². The predicted octanol–water partition coefficient (Wildman–Crippen LogP) is 5.97. The molecule has 5 nitrogen and oxygen atoms in total. The molecule has 4 rings (SSSR count). The summed E-state index contributed by atoms with van der Waals surface area (Å²) in [6.07, 6.45) is -7.96. The number of carbonyl (C=O) groups is 2. The molecule has 0 aromatic heterocycles. The van der Waals surface area contributed by atoms with E-state index < -0.39 is 41.0 Å². The van der Waals surface area contributed by atoms with Gasteiger partial charge in [0, 0.05) is 63.7 Å². The van der Waals surface area contributed by atoms with Gasteiger partial charge in [0.05, 0.1) is 11.1 Å². The highest BCUT2D eigenvalue weighted by molar-refractivity contribution is 5.95. The van der Waals surface area contributed by atoms with Crippen LogP contribution in [0.3, 0.4) is 0 Å². The highest BCUT2D eigenvalue weighted by Crippen LogP contribution is 2.38. The van der Waals surface area contributed by atoms with Gasteiger partial charge in [0.25, 0.3) is 5.91 Å². The fraction of sp³-hybridized carbons (Fsp3) is 0.517. The molecule has 40 heavy (non-hydrogen) atoms. The number of hydrogen-bond donors (Lipinski definition) is 0. The van der Waals surface area contributed by atoms with Crippen LogP contribution < -0.4 is 0 Å². The third kappa shape index (κ3) is 6.62. The summed E-state index contributed by atoms with van der Waals surface area (Å²) in [5.74, 6) is -1.05. The lowest BCUT2D eigenvalue weighted by Crippen LogP contribution is -2.55. The standard InChI is InChI=1S/C29H33F6N3O2/c1-18-4-6-20(7-5-18)25-17-38(24-8-11-37(12-9-24)19(2)39)13-10-26(25)36(3)27(40)21-14-22(28(30,31)32)16-23(15-21)29(33,34)35/h4-7,14-16,24-26H,8-13,17H2,1-3H3/t25-,26+/m0/s1. The molecule has 2 aromatic rings. The number of halogens is 6. The maximum atomic E-state index is 13.5. The molecule has 2 aliphatic rings. The van der Waals surface area contributed by atoms with E-state index in [4.69, 9.17) is 0 Å². The number of likely N-dealkylation sites (tertiary alicyclic amines) is 2. The molecule has 11 heteroatoms. The molecule has 2 heterocycles. The van der Waals surface area contributed by atoms with E-state index in [9.17, 15) is 35.9 Å². The average Bonchev–Trinajstić information content (AvgIpc) is 2.91. The number of hydrogen-bond acceptors (Lipinski definition) is 3. The second kappa shape index (κ2) is 11.4. The van der Waals surface area contributed by atoms with Crippen molar-refractivity contribution in [3.8, 4) is 0 Å². The van der Waals surface area contributed by atoms with Gasteiger partial charge in [-0.25, -0.2) is 0 Å². The minimum Gasteiger partial charge on any atom is -0.343 e. The number of aryl methyl sites for hydroxylation is 1. The number of piperidine rings is 2. The molecule has 218 valence electrons. The second-order valence-corrected chi connectivity index (χ2v) is 10.8. The number of benzene rings is 2. The van der Waals surface area contributed by atoms with Gasteiger partial charge in [0.1, 0.15) is 0 Å². The fourth-order valence-corrected chi connectivity index (χ4v) is 5.88. The van der Waals surface area contributed by atoms with Crippen LogP contribution >= 0.6 is 0 Å². The van der Waals surface area contributed by atoms with E-state index in [1.165, 1.54) is 11.9 Å². The minimum absolute atomic E-state index is 0.0295. The molecule has 0 spiro atoms. The summed E-state index contributed by atoms with van der Waals surface area (Å²) in [6.45, 7) is 6.00. The van der Waals surface area contributed by atoms with Crippen LogP contribution in [0.4, 0.5) is 26.3 Å². The molecule has 0 bridgehead atoms. The van der Waals surface area contributed by atoms with Gasteiger partial charge < -0.3 is 9.80 Å². The van der Waals surface area contributed by atoms with Crippen molar-refractivity contribution in [2.75, 3.05) is 33.2 Å². The Morgan fingerprint density at radius 2 is 1.40 bits per heavy atom. The Balaban J connectivity index is 1.62. The van der Waals surface area contributed by atoms with Crippen LogP contribution in [0.2, 0.25) is 0 Å². The third-order valence-electron chi connectivity index (χ3n) is 8.19. The van der Waals surface area contributed by atoms with Crippen molar-refractivity contribution < 1.29 is 35.9 Å². The van der Waals surface area contributed by atoms with Gasteiger partial charge in [-0.05, 0) is 49.9 Å². The molecule has 2 aromatic carbocycles. The zero-order valence-electron chi connectivity index (χ0n) is 22.6. The van der Waals surface area contributed by atoms with E-state index in [0.717, 1.165) is 24.0 Å². The van der Waals surface area contributed by atoms with Crippen molar-refractivity contribution in [2.45, 2.75) is 63.5 Å². The maximum Gasteiger partial charge on any atom is 0.416 e. The van der Waals surface area contributed by atoms with Gasteiger partial charge in [0.15, 0.2) is 0 Å². The molecule has 0 aliphatic carbocycles. The average molecular weight is 570 g/mol. The van der Waals surface area contributed by atoms with E-state index in [2.05, 4.69) is 4.90 Å². The Morgan fingerprint density at radius 3 is 1.90 bits per heavy atom. The molecule has 2 saturated heterocycles. The monoisotopic (exact) mass is 569 g/mol. The summed E-state index contributed by atoms with van der Waals surface area (Å²) in [7, 11) is 1.45. The van der Waals surface area contributed by atoms with Crippen LogP contribution in [0, 0.1) is 6.92 Å². The Kier molecular flexibility index (Phi) is 8.54. The molecule has 2 aliphatic heterocycles. The highest BCUT2D eigenvalue weighted by atomic mass is 19.4. The summed E-state index contributed by atoms with van der Waals surface area (Å²) in [5, 5.41) is 0. The number of likely N-dealkylation sites (N-methyl/N-ethyl adjacent to an activating group) is 1. The topological polar surface area (TPSA) is 43.9 Å². The SMILES string of the molecule is CC(=O)N1CCC(N2CC[C@@H](N(C)C(=O)c3cc(C(F)(F)F)cc(C(F)(F)F)c3)[C@H](c3ccc(C)cc3)C2)CC1. The Morgan fingerprint density at radius 1 is 0.850 bits per heavy atom. The van der Waals surface area contributed by atoms with E-state index in [1.807, 2.05) is 36.1 Å². The molecular formula is C29H33F6N3O2. The zero-order valence-corrected chi connectivity index (χ0v) is 22.6. The molecule has 0 unspecified atom stereocenters.